The summed E-state index contributed by atoms with van der Waals surface area (Å²) in [7, 11) is 1.95. The molecule has 0 aliphatic rings. The zero-order chi connectivity index (χ0) is 13.2. The maximum Gasteiger partial charge on any atom is 0.115 e. The lowest BCUT2D eigenvalue weighted by Gasteiger charge is -2.08. The summed E-state index contributed by atoms with van der Waals surface area (Å²) in [6, 6.07) is 9.84. The van der Waals surface area contributed by atoms with Gasteiger partial charge in [0, 0.05) is 25.1 Å². The Morgan fingerprint density at radius 1 is 1.26 bits per heavy atom. The lowest BCUT2D eigenvalue weighted by molar-refractivity contribution is 0.663. The molecule has 2 N–H and O–H groups in total. The highest BCUT2D eigenvalue weighted by Gasteiger charge is 2.14. The van der Waals surface area contributed by atoms with E-state index < -0.39 is 0 Å². The number of aromatic nitrogens is 4. The molecular formula is C14H15N5. The number of para-hydroxylation sites is 1. The molecule has 0 aliphatic heterocycles. The normalized spacial score (nSPS) is 12.7. The molecule has 3 rings (SSSR count). The standard InChI is InChI=1S/C14H15N5/c1-19-14-5-3-2-4-10(14)13(18-19)8-11(15)12-6-7-16-9-17-12/h2-7,9,11H,8,15H2,1H3. The molecule has 1 atom stereocenters. The molecule has 19 heavy (non-hydrogen) atoms. The molecule has 1 unspecified atom stereocenters. The third-order valence-corrected chi connectivity index (χ3v) is 3.23. The van der Waals surface area contributed by atoms with Gasteiger partial charge in [0.25, 0.3) is 0 Å². The van der Waals surface area contributed by atoms with Gasteiger partial charge in [-0.1, -0.05) is 18.2 Å². The summed E-state index contributed by atoms with van der Waals surface area (Å²) < 4.78 is 1.89. The molecular weight excluding hydrogens is 238 g/mol. The van der Waals surface area contributed by atoms with Gasteiger partial charge in [0.2, 0.25) is 0 Å². The van der Waals surface area contributed by atoms with E-state index in [1.54, 1.807) is 6.20 Å². The predicted octanol–water partition coefficient (Wildman–Crippen LogP) is 1.61. The number of hydrogen-bond acceptors (Lipinski definition) is 4. The summed E-state index contributed by atoms with van der Waals surface area (Å²) in [4.78, 5) is 8.09. The van der Waals surface area contributed by atoms with E-state index in [0.29, 0.717) is 6.42 Å². The monoisotopic (exact) mass is 253 g/mol. The van der Waals surface area contributed by atoms with Crippen LogP contribution in [-0.2, 0) is 13.5 Å². The molecule has 0 bridgehead atoms. The molecule has 0 spiro atoms. The summed E-state index contributed by atoms with van der Waals surface area (Å²) in [6.07, 6.45) is 3.89. The molecule has 96 valence electrons. The van der Waals surface area contributed by atoms with Crippen molar-refractivity contribution in [3.05, 3.63) is 54.2 Å². The van der Waals surface area contributed by atoms with Crippen molar-refractivity contribution in [2.75, 3.05) is 0 Å². The van der Waals surface area contributed by atoms with Crippen molar-refractivity contribution >= 4 is 10.9 Å². The molecule has 0 amide bonds. The minimum Gasteiger partial charge on any atom is -0.322 e. The Morgan fingerprint density at radius 3 is 2.89 bits per heavy atom. The van der Waals surface area contributed by atoms with Gasteiger partial charge in [-0.3, -0.25) is 4.68 Å². The molecule has 0 aliphatic carbocycles. The second-order valence-electron chi connectivity index (χ2n) is 4.53. The first kappa shape index (κ1) is 11.8. The van der Waals surface area contributed by atoms with Crippen LogP contribution in [0, 0.1) is 0 Å². The van der Waals surface area contributed by atoms with E-state index in [-0.39, 0.29) is 6.04 Å². The first-order chi connectivity index (χ1) is 9.25. The largest absolute Gasteiger partial charge is 0.322 e. The zero-order valence-electron chi connectivity index (χ0n) is 10.7. The fraction of sp³-hybridized carbons (Fsp3) is 0.214. The number of nitrogens with two attached hydrogens (primary N) is 1. The van der Waals surface area contributed by atoms with Crippen molar-refractivity contribution in [2.45, 2.75) is 12.5 Å². The van der Waals surface area contributed by atoms with Gasteiger partial charge < -0.3 is 5.73 Å². The van der Waals surface area contributed by atoms with Gasteiger partial charge in [0.05, 0.1) is 22.9 Å². The Labute approximate surface area is 111 Å². The highest BCUT2D eigenvalue weighted by Crippen LogP contribution is 2.21. The number of rotatable bonds is 3. The molecule has 0 saturated carbocycles. The molecule has 1 aromatic carbocycles. The molecule has 5 heteroatoms. The third-order valence-electron chi connectivity index (χ3n) is 3.23. The summed E-state index contributed by atoms with van der Waals surface area (Å²) in [5, 5.41) is 5.70. The van der Waals surface area contributed by atoms with Crippen LogP contribution >= 0.6 is 0 Å². The quantitative estimate of drug-likeness (QED) is 0.769. The highest BCUT2D eigenvalue weighted by atomic mass is 15.3. The molecule has 0 fully saturated rings. The van der Waals surface area contributed by atoms with E-state index in [1.807, 2.05) is 29.9 Å². The summed E-state index contributed by atoms with van der Waals surface area (Å²) in [6.45, 7) is 0. The zero-order valence-corrected chi connectivity index (χ0v) is 10.7. The lowest BCUT2D eigenvalue weighted by Crippen LogP contribution is -2.15. The van der Waals surface area contributed by atoms with Crippen LogP contribution in [0.25, 0.3) is 10.9 Å². The second-order valence-corrected chi connectivity index (χ2v) is 4.53. The van der Waals surface area contributed by atoms with Gasteiger partial charge in [-0.05, 0) is 12.1 Å². The first-order valence-corrected chi connectivity index (χ1v) is 6.18. The maximum absolute atomic E-state index is 6.19. The van der Waals surface area contributed by atoms with Crippen molar-refractivity contribution < 1.29 is 0 Å². The van der Waals surface area contributed by atoms with E-state index in [4.69, 9.17) is 5.73 Å². The molecule has 2 heterocycles. The Kier molecular flexibility index (Phi) is 2.97. The Balaban J connectivity index is 1.94. The van der Waals surface area contributed by atoms with Crippen LogP contribution in [-0.4, -0.2) is 19.7 Å². The van der Waals surface area contributed by atoms with Gasteiger partial charge in [-0.25, -0.2) is 9.97 Å². The summed E-state index contributed by atoms with van der Waals surface area (Å²) in [5.74, 6) is 0. The van der Waals surface area contributed by atoms with Crippen molar-refractivity contribution in [1.82, 2.24) is 19.7 Å². The SMILES string of the molecule is Cn1nc(CC(N)c2ccncn2)c2ccccc21. The second kappa shape index (κ2) is 4.78. The van der Waals surface area contributed by atoms with Gasteiger partial charge in [-0.15, -0.1) is 0 Å². The van der Waals surface area contributed by atoms with Gasteiger partial charge in [-0.2, -0.15) is 5.10 Å². The van der Waals surface area contributed by atoms with Crippen molar-refractivity contribution in [3.8, 4) is 0 Å². The van der Waals surface area contributed by atoms with Gasteiger partial charge in [0.1, 0.15) is 6.33 Å². The minimum absolute atomic E-state index is 0.165. The van der Waals surface area contributed by atoms with Crippen LogP contribution < -0.4 is 5.73 Å². The Bertz CT molecular complexity index is 689. The highest BCUT2D eigenvalue weighted by molar-refractivity contribution is 5.81. The maximum atomic E-state index is 6.19. The minimum atomic E-state index is -0.165. The van der Waals surface area contributed by atoms with E-state index in [9.17, 15) is 0 Å². The van der Waals surface area contributed by atoms with Gasteiger partial charge in [0.15, 0.2) is 0 Å². The number of benzene rings is 1. The van der Waals surface area contributed by atoms with E-state index in [1.165, 1.54) is 6.33 Å². The van der Waals surface area contributed by atoms with Gasteiger partial charge >= 0.3 is 0 Å². The third kappa shape index (κ3) is 2.20. The predicted molar refractivity (Wildman–Crippen MR) is 73.4 cm³/mol. The summed E-state index contributed by atoms with van der Waals surface area (Å²) >= 11 is 0. The van der Waals surface area contributed by atoms with Crippen LogP contribution in [0.4, 0.5) is 0 Å². The Morgan fingerprint density at radius 2 is 2.11 bits per heavy atom. The van der Waals surface area contributed by atoms with Crippen molar-refractivity contribution in [1.29, 1.82) is 0 Å². The van der Waals surface area contributed by atoms with Crippen LogP contribution in [0.15, 0.2) is 42.9 Å². The average Bonchev–Trinajstić information content (AvgIpc) is 2.77. The molecule has 0 saturated heterocycles. The fourth-order valence-corrected chi connectivity index (χ4v) is 2.27. The van der Waals surface area contributed by atoms with Crippen molar-refractivity contribution in [2.24, 2.45) is 12.8 Å². The van der Waals surface area contributed by atoms with Crippen LogP contribution in [0.5, 0.6) is 0 Å². The van der Waals surface area contributed by atoms with E-state index in [2.05, 4.69) is 27.2 Å². The number of fused-ring (bicyclic) bond motifs is 1. The van der Waals surface area contributed by atoms with Crippen LogP contribution in [0.1, 0.15) is 17.4 Å². The average molecular weight is 253 g/mol. The number of nitrogens with zero attached hydrogens (tertiary/aromatic N) is 4. The van der Waals surface area contributed by atoms with Crippen LogP contribution in [0.3, 0.4) is 0 Å². The first-order valence-electron chi connectivity index (χ1n) is 6.18. The number of hydrogen-bond donors (Lipinski definition) is 1. The molecule has 2 aromatic heterocycles. The van der Waals surface area contributed by atoms with Crippen LogP contribution in [0.2, 0.25) is 0 Å². The molecule has 0 radical (unpaired) electrons. The Hall–Kier alpha value is -2.27. The smallest absolute Gasteiger partial charge is 0.115 e. The molecule has 3 aromatic rings. The fourth-order valence-electron chi connectivity index (χ4n) is 2.27. The topological polar surface area (TPSA) is 69.6 Å². The molecule has 5 nitrogen and oxygen atoms in total. The van der Waals surface area contributed by atoms with E-state index >= 15 is 0 Å². The summed E-state index contributed by atoms with van der Waals surface area (Å²) in [5.41, 5.74) is 9.15. The van der Waals surface area contributed by atoms with Crippen molar-refractivity contribution in [3.63, 3.8) is 0 Å². The number of aryl methyl sites for hydroxylation is 1. The lowest BCUT2D eigenvalue weighted by atomic mass is 10.1. The van der Waals surface area contributed by atoms with E-state index in [0.717, 1.165) is 22.3 Å².